The number of ketones is 1. The molecule has 3 heteroatoms. The molecule has 8 aliphatic carbocycles. The third kappa shape index (κ3) is 1.50. The number of Topliss-reactive ketones (excluding diaryl/α,β-unsaturated/α-hetero) is 1. The summed E-state index contributed by atoms with van der Waals surface area (Å²) in [6.07, 6.45) is 10.5. The van der Waals surface area contributed by atoms with E-state index in [0.717, 1.165) is 29.9 Å². The van der Waals surface area contributed by atoms with E-state index in [4.69, 9.17) is 4.74 Å². The van der Waals surface area contributed by atoms with Gasteiger partial charge in [0.25, 0.3) is 0 Å². The average Bonchev–Trinajstić information content (AvgIpc) is 3.67. The van der Waals surface area contributed by atoms with E-state index in [-0.39, 0.29) is 10.8 Å². The first-order chi connectivity index (χ1) is 15.3. The lowest BCUT2D eigenvalue weighted by Gasteiger charge is -2.65. The van der Waals surface area contributed by atoms with Gasteiger partial charge in [0, 0.05) is 15.7 Å². The van der Waals surface area contributed by atoms with Crippen LogP contribution in [-0.4, -0.2) is 16.7 Å². The van der Waals surface area contributed by atoms with Crippen molar-refractivity contribution in [2.24, 2.45) is 56.2 Å². The Morgan fingerprint density at radius 2 is 1.81 bits per heavy atom. The van der Waals surface area contributed by atoms with Crippen molar-refractivity contribution in [1.29, 1.82) is 0 Å². The normalized spacial score (nSPS) is 65.8. The maximum Gasteiger partial charge on any atom is 0.145 e. The van der Waals surface area contributed by atoms with Crippen LogP contribution in [0.2, 0.25) is 0 Å². The zero-order chi connectivity index (χ0) is 21.5. The van der Waals surface area contributed by atoms with E-state index in [0.29, 0.717) is 44.3 Å². The average molecular weight is 493 g/mol. The van der Waals surface area contributed by atoms with Gasteiger partial charge in [-0.2, -0.15) is 0 Å². The fraction of sp³-hybridized carbons (Fsp3) is 0.759. The Morgan fingerprint density at radius 1 is 1.03 bits per heavy atom. The monoisotopic (exact) mass is 492 g/mol. The number of alkyl halides is 1. The summed E-state index contributed by atoms with van der Waals surface area (Å²) in [5.41, 5.74) is 2.03. The van der Waals surface area contributed by atoms with Gasteiger partial charge in [0.2, 0.25) is 0 Å². The fourth-order valence-corrected chi connectivity index (χ4v) is 13.8. The van der Waals surface area contributed by atoms with Crippen molar-refractivity contribution >= 4 is 21.7 Å². The number of fused-ring (bicyclic) bond motifs is 4. The molecule has 1 aromatic carbocycles. The highest BCUT2D eigenvalue weighted by molar-refractivity contribution is 9.09. The molecule has 0 heterocycles. The minimum atomic E-state index is -0.0103. The maximum atomic E-state index is 13.6. The summed E-state index contributed by atoms with van der Waals surface area (Å²) in [6, 6.07) is 10.5. The van der Waals surface area contributed by atoms with Crippen LogP contribution in [0.1, 0.15) is 65.2 Å². The molecule has 5 unspecified atom stereocenters. The largest absolute Gasteiger partial charge is 0.490 e. The molecular formula is C29H33BrO2. The van der Waals surface area contributed by atoms with E-state index in [1.807, 2.05) is 0 Å². The highest BCUT2D eigenvalue weighted by Gasteiger charge is 3.02. The molecule has 0 saturated heterocycles. The van der Waals surface area contributed by atoms with Crippen LogP contribution >= 0.6 is 15.9 Å². The SMILES string of the molecule is C[C@]12CCC3C(C1C14CC1(C4)C2=O)[C@H](Br)C12CC1[C@]21C[C@@H](Oc2ccccc2)CC[C@]31C. The second-order valence-electron chi connectivity index (χ2n) is 13.9. The van der Waals surface area contributed by atoms with Crippen molar-refractivity contribution in [1.82, 2.24) is 0 Å². The highest BCUT2D eigenvalue weighted by Crippen LogP contribution is 3.04. The Morgan fingerprint density at radius 3 is 2.56 bits per heavy atom. The topological polar surface area (TPSA) is 26.3 Å². The van der Waals surface area contributed by atoms with Crippen LogP contribution in [0, 0.1) is 56.2 Å². The Labute approximate surface area is 199 Å². The molecule has 2 nitrogen and oxygen atoms in total. The van der Waals surface area contributed by atoms with Gasteiger partial charge in [-0.1, -0.05) is 48.0 Å². The Bertz CT molecular complexity index is 1110. The molecule has 0 amide bonds. The van der Waals surface area contributed by atoms with E-state index >= 15 is 0 Å². The summed E-state index contributed by atoms with van der Waals surface area (Å²) in [6.45, 7) is 5.08. The van der Waals surface area contributed by atoms with Crippen molar-refractivity contribution in [2.45, 2.75) is 76.1 Å². The summed E-state index contributed by atoms with van der Waals surface area (Å²) >= 11 is 4.42. The molecule has 8 fully saturated rings. The summed E-state index contributed by atoms with van der Waals surface area (Å²) < 4.78 is 6.56. The molecule has 10 atom stereocenters. The van der Waals surface area contributed by atoms with Crippen LogP contribution < -0.4 is 4.74 Å². The van der Waals surface area contributed by atoms with Crippen molar-refractivity contribution in [3.63, 3.8) is 0 Å². The lowest BCUT2D eigenvalue weighted by atomic mass is 9.40. The molecular weight excluding hydrogens is 460 g/mol. The predicted octanol–water partition coefficient (Wildman–Crippen LogP) is 6.42. The molecule has 8 saturated carbocycles. The van der Waals surface area contributed by atoms with Gasteiger partial charge in [0.05, 0.1) is 6.10 Å². The number of carbonyl (C=O) groups is 1. The highest BCUT2D eigenvalue weighted by atomic mass is 79.9. The predicted molar refractivity (Wildman–Crippen MR) is 125 cm³/mol. The number of benzene rings is 1. The summed E-state index contributed by atoms with van der Waals surface area (Å²) in [7, 11) is 0. The number of rotatable bonds is 2. The fourth-order valence-electron chi connectivity index (χ4n) is 12.3. The van der Waals surface area contributed by atoms with E-state index in [1.54, 1.807) is 0 Å². The van der Waals surface area contributed by atoms with Crippen molar-refractivity contribution in [3.8, 4) is 5.75 Å². The molecule has 32 heavy (non-hydrogen) atoms. The number of ether oxygens (including phenoxy) is 1. The standard InChI is InChI=1S/C29H33BrO2/c1-24-10-9-18-20(21(24)26-14-27(26,15-26)23(24)31)22(30)28-13-19(28)29(28)12-17(8-11-25(18,29)2)32-16-6-4-3-5-7-16/h3-7,17-22H,8-15H2,1-2H3/t17-,18?,19?,20?,21?,22-,24-,25+,26?,27?,28?,29-/m0/s1. The number of para-hydroxylation sites is 1. The van der Waals surface area contributed by atoms with E-state index < -0.39 is 0 Å². The van der Waals surface area contributed by atoms with Gasteiger partial charge in [-0.25, -0.2) is 0 Å². The van der Waals surface area contributed by atoms with E-state index in [1.165, 1.54) is 44.9 Å². The van der Waals surface area contributed by atoms with Gasteiger partial charge in [-0.3, -0.25) is 4.79 Å². The molecule has 0 N–H and O–H groups in total. The number of hydrogen-bond acceptors (Lipinski definition) is 2. The van der Waals surface area contributed by atoms with Gasteiger partial charge in [0.15, 0.2) is 0 Å². The Hall–Kier alpha value is -0.830. The van der Waals surface area contributed by atoms with Crippen molar-refractivity contribution in [3.05, 3.63) is 30.3 Å². The first-order valence-corrected chi connectivity index (χ1v) is 14.1. The van der Waals surface area contributed by atoms with Gasteiger partial charge < -0.3 is 4.74 Å². The second kappa shape index (κ2) is 4.79. The Balaban J connectivity index is 1.11. The maximum absolute atomic E-state index is 13.6. The zero-order valence-electron chi connectivity index (χ0n) is 19.2. The van der Waals surface area contributed by atoms with E-state index in [2.05, 4.69) is 60.1 Å². The second-order valence-corrected chi connectivity index (χ2v) is 14.9. The molecule has 0 aromatic heterocycles. The van der Waals surface area contributed by atoms with Crippen LogP contribution in [0.4, 0.5) is 0 Å². The minimum Gasteiger partial charge on any atom is -0.490 e. The first kappa shape index (κ1) is 18.5. The number of halogens is 1. The van der Waals surface area contributed by atoms with Crippen molar-refractivity contribution in [2.75, 3.05) is 0 Å². The quantitative estimate of drug-likeness (QED) is 0.445. The van der Waals surface area contributed by atoms with Crippen molar-refractivity contribution < 1.29 is 9.53 Å². The molecule has 2 spiro atoms. The van der Waals surface area contributed by atoms with Gasteiger partial charge in [0.1, 0.15) is 11.5 Å². The molecule has 9 rings (SSSR count). The van der Waals surface area contributed by atoms with Crippen LogP contribution in [0.15, 0.2) is 30.3 Å². The summed E-state index contributed by atoms with van der Waals surface area (Å²) in [4.78, 5) is 14.2. The van der Waals surface area contributed by atoms with Gasteiger partial charge in [-0.05, 0) is 109 Å². The van der Waals surface area contributed by atoms with Crippen LogP contribution in [0.5, 0.6) is 5.75 Å². The minimum absolute atomic E-state index is 0.0103. The first-order valence-electron chi connectivity index (χ1n) is 13.2. The summed E-state index contributed by atoms with van der Waals surface area (Å²) in [5, 5.41) is 0. The molecule has 1 aromatic rings. The number of hydrogen-bond donors (Lipinski definition) is 0. The van der Waals surface area contributed by atoms with Crippen LogP contribution in [0.3, 0.4) is 0 Å². The lowest BCUT2D eigenvalue weighted by molar-refractivity contribution is -0.170. The third-order valence-electron chi connectivity index (χ3n) is 13.6. The molecule has 0 bridgehead atoms. The smallest absolute Gasteiger partial charge is 0.145 e. The zero-order valence-corrected chi connectivity index (χ0v) is 20.8. The van der Waals surface area contributed by atoms with Crippen LogP contribution in [0.25, 0.3) is 0 Å². The molecule has 0 aliphatic heterocycles. The van der Waals surface area contributed by atoms with Gasteiger partial charge >= 0.3 is 0 Å². The number of carbonyl (C=O) groups excluding carboxylic acids is 1. The lowest BCUT2D eigenvalue weighted by Crippen LogP contribution is -2.63. The molecule has 0 radical (unpaired) electrons. The summed E-state index contributed by atoms with van der Waals surface area (Å²) in [5.74, 6) is 4.81. The molecule has 168 valence electrons. The third-order valence-corrected chi connectivity index (χ3v) is 15.0. The Kier molecular flexibility index (Phi) is 2.77. The van der Waals surface area contributed by atoms with Crippen LogP contribution in [-0.2, 0) is 4.79 Å². The van der Waals surface area contributed by atoms with E-state index in [9.17, 15) is 4.79 Å². The molecule has 8 aliphatic rings. The van der Waals surface area contributed by atoms with Gasteiger partial charge in [-0.15, -0.1) is 0 Å².